The van der Waals surface area contributed by atoms with Gasteiger partial charge in [-0.3, -0.25) is 4.79 Å². The summed E-state index contributed by atoms with van der Waals surface area (Å²) >= 11 is 0. The summed E-state index contributed by atoms with van der Waals surface area (Å²) in [5.74, 6) is 0.129. The molecule has 1 aliphatic rings. The second-order valence-corrected chi connectivity index (χ2v) is 5.71. The van der Waals surface area contributed by atoms with Crippen LogP contribution in [0.5, 0.6) is 0 Å². The summed E-state index contributed by atoms with van der Waals surface area (Å²) in [6.07, 6.45) is 3.23. The lowest BCUT2D eigenvalue weighted by molar-refractivity contribution is -0.122. The van der Waals surface area contributed by atoms with E-state index in [4.69, 9.17) is 0 Å². The first-order valence-corrected chi connectivity index (χ1v) is 7.95. The molecule has 1 aliphatic heterocycles. The van der Waals surface area contributed by atoms with Gasteiger partial charge in [0.15, 0.2) is 0 Å². The minimum Gasteiger partial charge on any atom is -0.360 e. The van der Waals surface area contributed by atoms with Gasteiger partial charge in [0, 0.05) is 25.8 Å². The van der Waals surface area contributed by atoms with E-state index in [-0.39, 0.29) is 11.9 Å². The van der Waals surface area contributed by atoms with Crippen LogP contribution in [0.3, 0.4) is 0 Å². The molecule has 4 heteroatoms. The van der Waals surface area contributed by atoms with Crippen molar-refractivity contribution in [1.29, 1.82) is 0 Å². The zero-order chi connectivity index (χ0) is 15.2. The van der Waals surface area contributed by atoms with Crippen molar-refractivity contribution >= 4 is 11.6 Å². The summed E-state index contributed by atoms with van der Waals surface area (Å²) in [6.45, 7) is 7.11. The van der Waals surface area contributed by atoms with Crippen molar-refractivity contribution in [3.63, 3.8) is 0 Å². The molecular formula is C17H27N3O. The van der Waals surface area contributed by atoms with Crippen LogP contribution in [0.25, 0.3) is 0 Å². The smallest absolute Gasteiger partial charge is 0.242 e. The van der Waals surface area contributed by atoms with Crippen molar-refractivity contribution in [1.82, 2.24) is 10.6 Å². The van der Waals surface area contributed by atoms with Crippen LogP contribution in [-0.2, 0) is 11.3 Å². The molecule has 0 radical (unpaired) electrons. The number of rotatable bonds is 5. The molecule has 0 saturated carbocycles. The highest BCUT2D eigenvalue weighted by molar-refractivity contribution is 5.85. The summed E-state index contributed by atoms with van der Waals surface area (Å²) < 4.78 is 0. The van der Waals surface area contributed by atoms with Gasteiger partial charge in [-0.05, 0) is 56.0 Å². The van der Waals surface area contributed by atoms with Crippen molar-refractivity contribution in [3.8, 4) is 0 Å². The quantitative estimate of drug-likeness (QED) is 0.873. The van der Waals surface area contributed by atoms with Crippen LogP contribution in [0, 0.1) is 6.92 Å². The van der Waals surface area contributed by atoms with Crippen LogP contribution in [-0.4, -0.2) is 32.1 Å². The number of likely N-dealkylation sites (N-methyl/N-ethyl adjacent to an activating group) is 1. The highest BCUT2D eigenvalue weighted by Crippen LogP contribution is 2.27. The lowest BCUT2D eigenvalue weighted by Crippen LogP contribution is -2.48. The monoisotopic (exact) mass is 289 g/mol. The van der Waals surface area contributed by atoms with Crippen LogP contribution in [0.4, 0.5) is 5.69 Å². The van der Waals surface area contributed by atoms with E-state index in [1.54, 1.807) is 7.05 Å². The second kappa shape index (κ2) is 7.46. The number of carbonyl (C=O) groups is 1. The number of hydrogen-bond acceptors (Lipinski definition) is 3. The highest BCUT2D eigenvalue weighted by Gasteiger charge is 2.28. The summed E-state index contributed by atoms with van der Waals surface area (Å²) in [5.41, 5.74) is 3.78. The normalized spacial score (nSPS) is 18.6. The van der Waals surface area contributed by atoms with Gasteiger partial charge in [-0.25, -0.2) is 0 Å². The highest BCUT2D eigenvalue weighted by atomic mass is 16.2. The van der Waals surface area contributed by atoms with Gasteiger partial charge in [0.25, 0.3) is 0 Å². The Morgan fingerprint density at radius 2 is 2.19 bits per heavy atom. The number of aryl methyl sites for hydroxylation is 1. The molecular weight excluding hydrogens is 262 g/mol. The first-order valence-electron chi connectivity index (χ1n) is 7.95. The van der Waals surface area contributed by atoms with Gasteiger partial charge < -0.3 is 15.5 Å². The average molecular weight is 289 g/mol. The molecule has 0 spiro atoms. The lowest BCUT2D eigenvalue weighted by atomic mass is 9.99. The lowest BCUT2D eigenvalue weighted by Gasteiger charge is -2.36. The van der Waals surface area contributed by atoms with Crippen molar-refractivity contribution < 1.29 is 4.79 Å². The zero-order valence-corrected chi connectivity index (χ0v) is 13.4. The third-order valence-corrected chi connectivity index (χ3v) is 4.28. The number of carbonyl (C=O) groups excluding carboxylic acids is 1. The molecule has 1 heterocycles. The number of amides is 1. The Labute approximate surface area is 127 Å². The standard InChI is InChI=1S/C17H27N3O/c1-4-19-12-14-8-9-15(11-13(14)2)20-10-6-5-7-16(20)17(21)18-3/h8-9,11,16,19H,4-7,10,12H2,1-3H3,(H,18,21). The van der Waals surface area contributed by atoms with Crippen LogP contribution >= 0.6 is 0 Å². The van der Waals surface area contributed by atoms with E-state index in [1.807, 2.05) is 0 Å². The van der Waals surface area contributed by atoms with Crippen LogP contribution in [0.15, 0.2) is 18.2 Å². The molecule has 0 bridgehead atoms. The molecule has 116 valence electrons. The maximum Gasteiger partial charge on any atom is 0.242 e. The third-order valence-electron chi connectivity index (χ3n) is 4.28. The molecule has 2 N–H and O–H groups in total. The fourth-order valence-corrected chi connectivity index (χ4v) is 3.00. The molecule has 1 saturated heterocycles. The Kier molecular flexibility index (Phi) is 5.62. The Bertz CT molecular complexity index is 487. The van der Waals surface area contributed by atoms with E-state index in [9.17, 15) is 4.79 Å². The Hall–Kier alpha value is -1.55. The molecule has 1 fully saturated rings. The van der Waals surface area contributed by atoms with Crippen LogP contribution in [0.2, 0.25) is 0 Å². The van der Waals surface area contributed by atoms with Gasteiger partial charge in [0.05, 0.1) is 0 Å². The predicted octanol–water partition coefficient (Wildman–Crippen LogP) is 2.21. The van der Waals surface area contributed by atoms with E-state index in [2.05, 4.69) is 47.6 Å². The molecule has 1 unspecified atom stereocenters. The minimum atomic E-state index is -0.0252. The number of benzene rings is 1. The van der Waals surface area contributed by atoms with Crippen molar-refractivity contribution in [2.75, 3.05) is 25.0 Å². The maximum absolute atomic E-state index is 12.1. The van der Waals surface area contributed by atoms with E-state index >= 15 is 0 Å². The van der Waals surface area contributed by atoms with Gasteiger partial charge in [-0.15, -0.1) is 0 Å². The zero-order valence-electron chi connectivity index (χ0n) is 13.4. The molecule has 1 aromatic carbocycles. The first-order chi connectivity index (χ1) is 10.2. The van der Waals surface area contributed by atoms with Gasteiger partial charge in [0.2, 0.25) is 5.91 Å². The fraction of sp³-hybridized carbons (Fsp3) is 0.588. The molecule has 2 rings (SSSR count). The minimum absolute atomic E-state index is 0.0252. The van der Waals surface area contributed by atoms with E-state index in [1.165, 1.54) is 16.8 Å². The molecule has 0 aromatic heterocycles. The molecule has 1 aromatic rings. The van der Waals surface area contributed by atoms with Crippen molar-refractivity contribution in [3.05, 3.63) is 29.3 Å². The molecule has 4 nitrogen and oxygen atoms in total. The second-order valence-electron chi connectivity index (χ2n) is 5.71. The Morgan fingerprint density at radius 1 is 1.38 bits per heavy atom. The Balaban J connectivity index is 2.19. The molecule has 1 atom stereocenters. The summed E-state index contributed by atoms with van der Waals surface area (Å²) in [4.78, 5) is 14.3. The summed E-state index contributed by atoms with van der Waals surface area (Å²) in [5, 5.41) is 6.16. The number of hydrogen-bond donors (Lipinski definition) is 2. The summed E-state index contributed by atoms with van der Waals surface area (Å²) in [7, 11) is 1.72. The van der Waals surface area contributed by atoms with Crippen molar-refractivity contribution in [2.24, 2.45) is 0 Å². The fourth-order valence-electron chi connectivity index (χ4n) is 3.00. The maximum atomic E-state index is 12.1. The molecule has 21 heavy (non-hydrogen) atoms. The number of nitrogens with one attached hydrogen (secondary N) is 2. The predicted molar refractivity (Wildman–Crippen MR) is 87.6 cm³/mol. The van der Waals surface area contributed by atoms with E-state index < -0.39 is 0 Å². The van der Waals surface area contributed by atoms with Gasteiger partial charge in [0.1, 0.15) is 6.04 Å². The van der Waals surface area contributed by atoms with Gasteiger partial charge in [-0.2, -0.15) is 0 Å². The average Bonchev–Trinajstić information content (AvgIpc) is 2.53. The third kappa shape index (κ3) is 3.76. The first kappa shape index (κ1) is 15.8. The van der Waals surface area contributed by atoms with Gasteiger partial charge in [-0.1, -0.05) is 13.0 Å². The van der Waals surface area contributed by atoms with Crippen LogP contribution in [0.1, 0.15) is 37.3 Å². The molecule has 1 amide bonds. The van der Waals surface area contributed by atoms with Crippen molar-refractivity contribution in [2.45, 2.75) is 45.7 Å². The Morgan fingerprint density at radius 3 is 2.86 bits per heavy atom. The number of anilines is 1. The number of piperidine rings is 1. The van der Waals surface area contributed by atoms with E-state index in [0.29, 0.717) is 0 Å². The van der Waals surface area contributed by atoms with Gasteiger partial charge >= 0.3 is 0 Å². The number of nitrogens with zero attached hydrogens (tertiary/aromatic N) is 1. The van der Waals surface area contributed by atoms with Crippen LogP contribution < -0.4 is 15.5 Å². The topological polar surface area (TPSA) is 44.4 Å². The summed E-state index contributed by atoms with van der Waals surface area (Å²) in [6, 6.07) is 6.53. The van der Waals surface area contributed by atoms with E-state index in [0.717, 1.165) is 38.9 Å². The molecule has 0 aliphatic carbocycles. The SMILES string of the molecule is CCNCc1ccc(N2CCCCC2C(=O)NC)cc1C. The largest absolute Gasteiger partial charge is 0.360 e.